The Morgan fingerprint density at radius 2 is 2.06 bits per heavy atom. The number of fused-ring (bicyclic) bond motifs is 1. The number of hydrogen-bond donors (Lipinski definition) is 2. The van der Waals surface area contributed by atoms with E-state index < -0.39 is 0 Å². The highest BCUT2D eigenvalue weighted by Crippen LogP contribution is 2.35. The van der Waals surface area contributed by atoms with Crippen molar-refractivity contribution in [3.05, 3.63) is 73.6 Å². The van der Waals surface area contributed by atoms with E-state index in [0.29, 0.717) is 45.7 Å². The van der Waals surface area contributed by atoms with Crippen molar-refractivity contribution < 1.29 is 14.6 Å². The minimum Gasteiger partial charge on any atom is -0.503 e. The van der Waals surface area contributed by atoms with Crippen LogP contribution in [0.25, 0.3) is 22.3 Å². The van der Waals surface area contributed by atoms with Crippen molar-refractivity contribution >= 4 is 39.8 Å². The van der Waals surface area contributed by atoms with Gasteiger partial charge < -0.3 is 15.6 Å². The van der Waals surface area contributed by atoms with E-state index in [1.807, 2.05) is 12.1 Å². The molecule has 0 bridgehead atoms. The van der Waals surface area contributed by atoms with E-state index in [1.54, 1.807) is 36.5 Å². The number of carbonyl (C=O) groups excluding carboxylic acids is 1. The lowest BCUT2D eigenvalue weighted by Gasteiger charge is -2.05. The van der Waals surface area contributed by atoms with Crippen LogP contribution in [0.3, 0.4) is 0 Å². The van der Waals surface area contributed by atoms with Crippen molar-refractivity contribution in [2.24, 2.45) is 5.73 Å². The molecule has 0 radical (unpaired) electrons. The summed E-state index contributed by atoms with van der Waals surface area (Å²) in [6.07, 6.45) is 4.44. The summed E-state index contributed by atoms with van der Waals surface area (Å²) in [7, 11) is 1.43. The molecule has 4 rings (SSSR count). The number of ether oxygens (including phenoxy) is 1. The Labute approximate surface area is 192 Å². The first-order chi connectivity index (χ1) is 15.4. The van der Waals surface area contributed by atoms with Crippen molar-refractivity contribution in [2.75, 3.05) is 13.7 Å². The second-order valence-corrected chi connectivity index (χ2v) is 8.56. The molecular weight excluding hydrogens is 450 g/mol. The predicted molar refractivity (Wildman–Crippen MR) is 126 cm³/mol. The van der Waals surface area contributed by atoms with Crippen LogP contribution in [0.2, 0.25) is 5.02 Å². The number of ketones is 1. The maximum atomic E-state index is 12.9. The molecule has 4 aromatic rings. The summed E-state index contributed by atoms with van der Waals surface area (Å²) in [6.45, 7) is 0.486. The quantitative estimate of drug-likeness (QED) is 0.402. The third-order valence-electron chi connectivity index (χ3n) is 4.98. The number of aromatic nitrogens is 2. The van der Waals surface area contributed by atoms with Crippen LogP contribution in [0.1, 0.15) is 28.8 Å². The molecule has 32 heavy (non-hydrogen) atoms. The molecular formula is C23H20ClN3O4S. The average molecular weight is 470 g/mol. The number of thiazole rings is 1. The standard InChI is InChI=1S/C23H20ClN3O4S/c1-31-19-10-13(9-16(24)21(19)29)11-20-22(30)27-12-17(26-23(27)32-20)14-4-6-15(7-5-14)18(28)3-2-8-25/h4-7,9-12,29H,2-3,8,25H2,1H3/b20-11-. The minimum atomic E-state index is -0.208. The van der Waals surface area contributed by atoms with E-state index in [-0.39, 0.29) is 27.9 Å². The van der Waals surface area contributed by atoms with Gasteiger partial charge in [-0.1, -0.05) is 47.2 Å². The molecule has 164 valence electrons. The first-order valence-corrected chi connectivity index (χ1v) is 11.0. The van der Waals surface area contributed by atoms with Gasteiger partial charge in [0.1, 0.15) is 0 Å². The molecule has 3 N–H and O–H groups in total. The maximum absolute atomic E-state index is 12.9. The first kappa shape index (κ1) is 22.0. The Kier molecular flexibility index (Phi) is 6.27. The van der Waals surface area contributed by atoms with E-state index in [2.05, 4.69) is 4.98 Å². The van der Waals surface area contributed by atoms with Gasteiger partial charge in [0.25, 0.3) is 5.56 Å². The fourth-order valence-corrected chi connectivity index (χ4v) is 4.46. The number of rotatable bonds is 7. The van der Waals surface area contributed by atoms with Crippen LogP contribution in [0.5, 0.6) is 11.5 Å². The SMILES string of the molecule is COc1cc(/C=c2\sc3nc(-c4ccc(C(=O)CCCN)cc4)cn3c2=O)cc(Cl)c1O. The molecule has 7 nitrogen and oxygen atoms in total. The predicted octanol–water partition coefficient (Wildman–Crippen LogP) is 3.26. The number of benzene rings is 2. The van der Waals surface area contributed by atoms with Gasteiger partial charge in [0.2, 0.25) is 0 Å². The van der Waals surface area contributed by atoms with Crippen molar-refractivity contribution in [3.8, 4) is 22.8 Å². The molecule has 0 fully saturated rings. The van der Waals surface area contributed by atoms with Crippen molar-refractivity contribution in [1.29, 1.82) is 0 Å². The normalized spacial score (nSPS) is 11.9. The molecule has 0 aliphatic rings. The van der Waals surface area contributed by atoms with Crippen LogP contribution in [0.15, 0.2) is 47.4 Å². The molecule has 9 heteroatoms. The highest BCUT2D eigenvalue weighted by Gasteiger charge is 2.13. The Morgan fingerprint density at radius 1 is 1.31 bits per heavy atom. The second-order valence-electron chi connectivity index (χ2n) is 7.14. The van der Waals surface area contributed by atoms with E-state index in [1.165, 1.54) is 22.8 Å². The highest BCUT2D eigenvalue weighted by atomic mass is 35.5. The topological polar surface area (TPSA) is 107 Å². The van der Waals surface area contributed by atoms with Crippen LogP contribution in [-0.4, -0.2) is 33.9 Å². The molecule has 0 saturated heterocycles. The van der Waals surface area contributed by atoms with Gasteiger partial charge in [0, 0.05) is 23.7 Å². The molecule has 0 aliphatic heterocycles. The Hall–Kier alpha value is -3.20. The zero-order valence-electron chi connectivity index (χ0n) is 17.2. The van der Waals surface area contributed by atoms with Gasteiger partial charge in [-0.3, -0.25) is 14.0 Å². The van der Waals surface area contributed by atoms with Gasteiger partial charge in [0.05, 0.1) is 22.4 Å². The lowest BCUT2D eigenvalue weighted by molar-refractivity contribution is 0.0981. The molecule has 2 heterocycles. The van der Waals surface area contributed by atoms with Gasteiger partial charge in [-0.2, -0.15) is 0 Å². The summed E-state index contributed by atoms with van der Waals surface area (Å²) in [5.41, 5.74) is 7.98. The molecule has 0 unspecified atom stereocenters. The number of phenols is 1. The fraction of sp³-hybridized carbons (Fsp3) is 0.174. The molecule has 0 amide bonds. The second kappa shape index (κ2) is 9.12. The first-order valence-electron chi connectivity index (χ1n) is 9.85. The largest absolute Gasteiger partial charge is 0.503 e. The van der Waals surface area contributed by atoms with Crippen LogP contribution >= 0.6 is 22.9 Å². The van der Waals surface area contributed by atoms with Crippen molar-refractivity contribution in [2.45, 2.75) is 12.8 Å². The lowest BCUT2D eigenvalue weighted by atomic mass is 10.0. The zero-order chi connectivity index (χ0) is 22.8. The van der Waals surface area contributed by atoms with Crippen molar-refractivity contribution in [1.82, 2.24) is 9.38 Å². The summed E-state index contributed by atoms with van der Waals surface area (Å²) in [5, 5.41) is 10.0. The van der Waals surface area contributed by atoms with Crippen molar-refractivity contribution in [3.63, 3.8) is 0 Å². The number of methoxy groups -OCH3 is 1. The molecule has 0 spiro atoms. The number of hydrogen-bond acceptors (Lipinski definition) is 7. The summed E-state index contributed by atoms with van der Waals surface area (Å²) < 4.78 is 7.08. The summed E-state index contributed by atoms with van der Waals surface area (Å²) in [5.74, 6) is 0.136. The molecule has 0 atom stereocenters. The van der Waals surface area contributed by atoms with Crippen LogP contribution < -0.4 is 20.6 Å². The lowest BCUT2D eigenvalue weighted by Crippen LogP contribution is -2.22. The van der Waals surface area contributed by atoms with E-state index in [9.17, 15) is 14.7 Å². The monoisotopic (exact) mass is 469 g/mol. The van der Waals surface area contributed by atoms with Crippen LogP contribution in [0.4, 0.5) is 0 Å². The fourth-order valence-electron chi connectivity index (χ4n) is 3.29. The molecule has 0 saturated carbocycles. The third-order valence-corrected chi connectivity index (χ3v) is 6.25. The van der Waals surface area contributed by atoms with Gasteiger partial charge in [-0.15, -0.1) is 0 Å². The number of phenolic OH excluding ortho intramolecular Hbond substituents is 1. The number of nitrogens with two attached hydrogens (primary N) is 1. The van der Waals surface area contributed by atoms with Crippen LogP contribution in [-0.2, 0) is 0 Å². The molecule has 0 aliphatic carbocycles. The zero-order valence-corrected chi connectivity index (χ0v) is 18.7. The number of carbonyl (C=O) groups is 1. The Balaban J connectivity index is 1.65. The summed E-state index contributed by atoms with van der Waals surface area (Å²) in [6, 6.07) is 10.3. The highest BCUT2D eigenvalue weighted by molar-refractivity contribution is 7.15. The minimum absolute atomic E-state index is 0.0563. The Morgan fingerprint density at radius 3 is 2.72 bits per heavy atom. The maximum Gasteiger partial charge on any atom is 0.274 e. The summed E-state index contributed by atoms with van der Waals surface area (Å²) in [4.78, 5) is 30.1. The van der Waals surface area contributed by atoms with Gasteiger partial charge >= 0.3 is 0 Å². The van der Waals surface area contributed by atoms with E-state index in [0.717, 1.165) is 5.56 Å². The number of Topliss-reactive ketones (excluding diaryl/α,β-unsaturated/α-hetero) is 1. The summed E-state index contributed by atoms with van der Waals surface area (Å²) >= 11 is 7.28. The number of imidazole rings is 1. The number of halogens is 1. The van der Waals surface area contributed by atoms with Crippen LogP contribution in [0, 0.1) is 0 Å². The van der Waals surface area contributed by atoms with Gasteiger partial charge in [-0.25, -0.2) is 4.98 Å². The number of nitrogens with zero attached hydrogens (tertiary/aromatic N) is 2. The smallest absolute Gasteiger partial charge is 0.274 e. The number of aromatic hydroxyl groups is 1. The third kappa shape index (κ3) is 4.25. The average Bonchev–Trinajstić information content (AvgIpc) is 3.34. The van der Waals surface area contributed by atoms with E-state index in [4.69, 9.17) is 22.1 Å². The molecule has 2 aromatic carbocycles. The van der Waals surface area contributed by atoms with Gasteiger partial charge in [0.15, 0.2) is 22.2 Å². The Bertz CT molecular complexity index is 1410. The van der Waals surface area contributed by atoms with E-state index >= 15 is 0 Å². The van der Waals surface area contributed by atoms with Gasteiger partial charge in [-0.05, 0) is 36.7 Å². The molecule has 2 aromatic heterocycles.